The number of carbonyl (C=O) groups excluding carboxylic acids is 3. The van der Waals surface area contributed by atoms with Crippen LogP contribution in [0.25, 0.3) is 0 Å². The van der Waals surface area contributed by atoms with Crippen molar-refractivity contribution in [2.75, 3.05) is 13.2 Å². The molecule has 0 saturated heterocycles. The highest BCUT2D eigenvalue weighted by Gasteiger charge is 2.37. The van der Waals surface area contributed by atoms with E-state index in [9.17, 15) is 14.4 Å². The Hall–Kier alpha value is -3.06. The summed E-state index contributed by atoms with van der Waals surface area (Å²) < 4.78 is 21.9. The van der Waals surface area contributed by atoms with Gasteiger partial charge in [0, 0.05) is 6.92 Å². The van der Waals surface area contributed by atoms with Crippen molar-refractivity contribution in [3.63, 3.8) is 0 Å². The predicted molar refractivity (Wildman–Crippen MR) is 118 cm³/mol. The number of carbonyl (C=O) groups is 3. The lowest BCUT2D eigenvalue weighted by Crippen LogP contribution is -2.44. The van der Waals surface area contributed by atoms with Gasteiger partial charge < -0.3 is 18.9 Å². The second kappa shape index (κ2) is 10.0. The van der Waals surface area contributed by atoms with Gasteiger partial charge in [0.1, 0.15) is 34.8 Å². The maximum atomic E-state index is 12.7. The predicted octanol–water partition coefficient (Wildman–Crippen LogP) is 4.13. The van der Waals surface area contributed by atoms with Crippen LogP contribution in [0.15, 0.2) is 42.5 Å². The highest BCUT2D eigenvalue weighted by atomic mass is 35.5. The fraction of sp³-hybridized carbons (Fsp3) is 0.375. The minimum atomic E-state index is -0.850. The van der Waals surface area contributed by atoms with Crippen molar-refractivity contribution in [2.24, 2.45) is 0 Å². The minimum absolute atomic E-state index is 0.117. The molecule has 2 aromatic carbocycles. The third kappa shape index (κ3) is 6.01. The van der Waals surface area contributed by atoms with Crippen LogP contribution in [0, 0.1) is 0 Å². The fourth-order valence-corrected chi connectivity index (χ4v) is 3.58. The van der Waals surface area contributed by atoms with Crippen molar-refractivity contribution in [3.8, 4) is 17.2 Å². The number of ketones is 1. The molecule has 8 heteroatoms. The molecule has 32 heavy (non-hydrogen) atoms. The average Bonchev–Trinajstić information content (AvgIpc) is 2.73. The summed E-state index contributed by atoms with van der Waals surface area (Å²) >= 11 is 6.08. The molecule has 0 N–H and O–H groups in total. The summed E-state index contributed by atoms with van der Waals surface area (Å²) in [6, 6.07) is 11.9. The van der Waals surface area contributed by atoms with E-state index >= 15 is 0 Å². The number of ether oxygens (including phenoxy) is 4. The van der Waals surface area contributed by atoms with Crippen LogP contribution in [-0.4, -0.2) is 41.9 Å². The number of fused-ring (bicyclic) bond motifs is 1. The zero-order valence-electron chi connectivity index (χ0n) is 18.2. The summed E-state index contributed by atoms with van der Waals surface area (Å²) in [5, 5.41) is -0.747. The Balaban J connectivity index is 1.60. The Morgan fingerprint density at radius 3 is 2.50 bits per heavy atom. The summed E-state index contributed by atoms with van der Waals surface area (Å²) in [6.45, 7) is 5.28. The first-order chi connectivity index (χ1) is 15.2. The number of benzene rings is 2. The monoisotopic (exact) mass is 460 g/mol. The van der Waals surface area contributed by atoms with Gasteiger partial charge in [-0.1, -0.05) is 12.1 Å². The molecule has 0 saturated carbocycles. The number of Topliss-reactive ketones (excluding diaryl/α,β-unsaturated/α-hetero) is 1. The van der Waals surface area contributed by atoms with Crippen LogP contribution in [0.2, 0.25) is 0 Å². The third-order valence-corrected chi connectivity index (χ3v) is 5.16. The zero-order chi connectivity index (χ0) is 23.3. The van der Waals surface area contributed by atoms with E-state index in [1.807, 2.05) is 12.1 Å². The van der Waals surface area contributed by atoms with Crippen molar-refractivity contribution in [1.29, 1.82) is 0 Å². The van der Waals surface area contributed by atoms with Crippen LogP contribution in [-0.2, 0) is 20.7 Å². The first kappa shape index (κ1) is 23.6. The number of rotatable bonds is 8. The quantitative estimate of drug-likeness (QED) is 0.332. The molecule has 0 radical (unpaired) electrons. The minimum Gasteiger partial charge on any atom is -0.489 e. The fourth-order valence-electron chi connectivity index (χ4n) is 3.34. The summed E-state index contributed by atoms with van der Waals surface area (Å²) in [7, 11) is 0. The van der Waals surface area contributed by atoms with E-state index in [-0.39, 0.29) is 25.4 Å². The van der Waals surface area contributed by atoms with E-state index in [0.717, 1.165) is 5.56 Å². The molecule has 7 nitrogen and oxygen atoms in total. The SMILES string of the molecule is CCOC(=O)C(Cl)Cc1ccc(OCC2(C)CC(=O)c3cc(OC(C)=O)ccc3O2)cc1. The second-order valence-corrected chi connectivity index (χ2v) is 8.29. The van der Waals surface area contributed by atoms with E-state index in [2.05, 4.69) is 0 Å². The molecule has 1 aliphatic rings. The molecule has 170 valence electrons. The lowest BCUT2D eigenvalue weighted by molar-refractivity contribution is -0.142. The highest BCUT2D eigenvalue weighted by Crippen LogP contribution is 2.36. The first-order valence-electron chi connectivity index (χ1n) is 10.3. The van der Waals surface area contributed by atoms with Crippen molar-refractivity contribution in [1.82, 2.24) is 0 Å². The molecule has 0 bridgehead atoms. The Morgan fingerprint density at radius 1 is 1.16 bits per heavy atom. The molecule has 1 heterocycles. The van der Waals surface area contributed by atoms with Crippen LogP contribution in [0.1, 0.15) is 43.1 Å². The van der Waals surface area contributed by atoms with Gasteiger partial charge in [-0.05, 0) is 56.2 Å². The van der Waals surface area contributed by atoms with Gasteiger partial charge in [0.15, 0.2) is 5.78 Å². The average molecular weight is 461 g/mol. The summed E-state index contributed by atoms with van der Waals surface area (Å²) in [4.78, 5) is 35.5. The normalized spacial score (nSPS) is 18.2. The molecular formula is C24H25ClO7. The Bertz CT molecular complexity index is 1000. The Morgan fingerprint density at radius 2 is 1.84 bits per heavy atom. The van der Waals surface area contributed by atoms with Gasteiger partial charge in [-0.3, -0.25) is 14.4 Å². The van der Waals surface area contributed by atoms with Gasteiger partial charge in [0.25, 0.3) is 0 Å². The molecule has 0 aliphatic carbocycles. The van der Waals surface area contributed by atoms with Gasteiger partial charge in [-0.15, -0.1) is 11.6 Å². The molecule has 1 aliphatic heterocycles. The molecular weight excluding hydrogens is 436 g/mol. The van der Waals surface area contributed by atoms with Crippen molar-refractivity contribution >= 4 is 29.3 Å². The van der Waals surface area contributed by atoms with E-state index in [4.69, 9.17) is 30.5 Å². The van der Waals surface area contributed by atoms with Gasteiger partial charge >= 0.3 is 11.9 Å². The number of hydrogen-bond donors (Lipinski definition) is 0. The first-order valence-corrected chi connectivity index (χ1v) is 10.7. The molecule has 0 fully saturated rings. The molecule has 2 aromatic rings. The van der Waals surface area contributed by atoms with E-state index in [0.29, 0.717) is 29.2 Å². The van der Waals surface area contributed by atoms with Crippen molar-refractivity contribution in [3.05, 3.63) is 53.6 Å². The van der Waals surface area contributed by atoms with Crippen LogP contribution >= 0.6 is 11.6 Å². The standard InChI is InChI=1S/C24H25ClO7/c1-4-29-23(28)20(25)11-16-5-7-17(8-6-16)30-14-24(3)13-21(27)19-12-18(31-15(2)26)9-10-22(19)32-24/h5-10,12,20H,4,11,13-14H2,1-3H3. The molecule has 0 amide bonds. The maximum Gasteiger partial charge on any atom is 0.324 e. The summed E-state index contributed by atoms with van der Waals surface area (Å²) in [5.41, 5.74) is 0.401. The summed E-state index contributed by atoms with van der Waals surface area (Å²) in [6.07, 6.45) is 0.469. The smallest absolute Gasteiger partial charge is 0.324 e. The van der Waals surface area contributed by atoms with Crippen LogP contribution < -0.4 is 14.2 Å². The molecule has 0 aromatic heterocycles. The van der Waals surface area contributed by atoms with Gasteiger partial charge in [0.2, 0.25) is 0 Å². The third-order valence-electron chi connectivity index (χ3n) is 4.83. The second-order valence-electron chi connectivity index (χ2n) is 7.76. The number of hydrogen-bond acceptors (Lipinski definition) is 7. The lowest BCUT2D eigenvalue weighted by Gasteiger charge is -2.34. The lowest BCUT2D eigenvalue weighted by atomic mass is 9.92. The largest absolute Gasteiger partial charge is 0.489 e. The van der Waals surface area contributed by atoms with Gasteiger partial charge in [-0.25, -0.2) is 0 Å². The van der Waals surface area contributed by atoms with E-state index in [1.165, 1.54) is 13.0 Å². The number of esters is 2. The van der Waals surface area contributed by atoms with Crippen molar-refractivity contribution in [2.45, 2.75) is 44.6 Å². The maximum absolute atomic E-state index is 12.7. The number of halogens is 1. The highest BCUT2D eigenvalue weighted by molar-refractivity contribution is 6.30. The molecule has 3 rings (SSSR count). The van der Waals surface area contributed by atoms with E-state index in [1.54, 1.807) is 38.1 Å². The molecule has 0 spiro atoms. The molecule has 2 atom stereocenters. The number of alkyl halides is 1. The van der Waals surface area contributed by atoms with Crippen LogP contribution in [0.3, 0.4) is 0 Å². The topological polar surface area (TPSA) is 88.1 Å². The van der Waals surface area contributed by atoms with Crippen LogP contribution in [0.5, 0.6) is 17.2 Å². The van der Waals surface area contributed by atoms with Crippen molar-refractivity contribution < 1.29 is 33.3 Å². The Kier molecular flexibility index (Phi) is 7.40. The van der Waals surface area contributed by atoms with Crippen LogP contribution in [0.4, 0.5) is 0 Å². The molecule has 2 unspecified atom stereocenters. The van der Waals surface area contributed by atoms with Gasteiger partial charge in [-0.2, -0.15) is 0 Å². The van der Waals surface area contributed by atoms with E-state index < -0.39 is 22.9 Å². The van der Waals surface area contributed by atoms with Gasteiger partial charge in [0.05, 0.1) is 18.6 Å². The summed E-state index contributed by atoms with van der Waals surface area (Å²) in [5.74, 6) is 0.307. The zero-order valence-corrected chi connectivity index (χ0v) is 18.9. The Labute approximate surface area is 191 Å².